The quantitative estimate of drug-likeness (QED) is 0.325. The molecule has 0 aliphatic carbocycles. The number of carbonyl (C=O) groups excluding carboxylic acids is 2. The van der Waals surface area contributed by atoms with Gasteiger partial charge in [0.25, 0.3) is 0 Å². The zero-order chi connectivity index (χ0) is 14.6. The van der Waals surface area contributed by atoms with Gasteiger partial charge in [-0.2, -0.15) is 12.8 Å². The van der Waals surface area contributed by atoms with Gasteiger partial charge in [-0.05, 0) is 6.92 Å². The second-order valence-electron chi connectivity index (χ2n) is 3.32. The Bertz CT molecular complexity index is 275. The molecule has 0 saturated carbocycles. The first-order chi connectivity index (χ1) is 8.38. The van der Waals surface area contributed by atoms with Crippen LogP contribution in [0.5, 0.6) is 0 Å². The zero-order valence-electron chi connectivity index (χ0n) is 13.2. The molecule has 106 valence electrons. The van der Waals surface area contributed by atoms with Crippen molar-refractivity contribution < 1.29 is 141 Å². The summed E-state index contributed by atoms with van der Waals surface area (Å²) in [5.74, 6) is -1.51. The monoisotopic (exact) mass is 429 g/mol. The topological polar surface area (TPSA) is 92.7 Å². The van der Waals surface area contributed by atoms with E-state index in [0.29, 0.717) is 12.8 Å². The molecule has 20 heavy (non-hydrogen) atoms. The number of carboxylic acid groups (broad SMARTS) is 1. The van der Waals surface area contributed by atoms with E-state index in [9.17, 15) is 14.4 Å². The molecule has 0 aromatic heterocycles. The first-order valence-electron chi connectivity index (χ1n) is 5.66. The molecule has 0 bridgehead atoms. The standard InChI is InChI=1S/C8H14NO3.C4H7O2.2Rb/c1-4-5-7(10)9-6(2)8(11)12-3;1-2-3-4(5)6;;/h5-6H,4H2,1-3H3,(H,9,10);3H,2H2,1H3,(H,5,6);;/q2*-1;2*+1/t6-;;;/m1.../s1. The van der Waals surface area contributed by atoms with Crippen molar-refractivity contribution in [3.8, 4) is 0 Å². The number of carboxylic acids is 1. The van der Waals surface area contributed by atoms with Gasteiger partial charge in [-0.3, -0.25) is 11.2 Å². The average molecular weight is 430 g/mol. The van der Waals surface area contributed by atoms with Crippen LogP contribution in [0.1, 0.15) is 33.6 Å². The third-order valence-electron chi connectivity index (χ3n) is 1.68. The van der Waals surface area contributed by atoms with Gasteiger partial charge in [-0.25, -0.2) is 4.79 Å². The van der Waals surface area contributed by atoms with Crippen LogP contribution in [0.3, 0.4) is 0 Å². The van der Waals surface area contributed by atoms with Crippen LogP contribution in [0.25, 0.3) is 0 Å². The Morgan fingerprint density at radius 3 is 1.85 bits per heavy atom. The molecule has 0 rings (SSSR count). The van der Waals surface area contributed by atoms with Crippen molar-refractivity contribution >= 4 is 17.8 Å². The van der Waals surface area contributed by atoms with Crippen molar-refractivity contribution in [1.29, 1.82) is 0 Å². The third-order valence-corrected chi connectivity index (χ3v) is 1.68. The maximum Gasteiger partial charge on any atom is 1.00 e. The number of methoxy groups -OCH3 is 1. The van der Waals surface area contributed by atoms with E-state index in [2.05, 4.69) is 10.1 Å². The largest absolute Gasteiger partial charge is 1.00 e. The molecule has 1 atom stereocenters. The number of amides is 1. The molecule has 0 aromatic carbocycles. The van der Waals surface area contributed by atoms with Crippen molar-refractivity contribution in [2.45, 2.75) is 39.7 Å². The Kier molecular flexibility index (Phi) is 30.9. The predicted molar refractivity (Wildman–Crippen MR) is 66.4 cm³/mol. The van der Waals surface area contributed by atoms with Crippen molar-refractivity contribution in [1.82, 2.24) is 5.32 Å². The van der Waals surface area contributed by atoms with E-state index in [-0.39, 0.29) is 122 Å². The molecule has 0 aliphatic rings. The maximum absolute atomic E-state index is 10.9. The van der Waals surface area contributed by atoms with Crippen LogP contribution in [0.4, 0.5) is 0 Å². The molecule has 8 heteroatoms. The van der Waals surface area contributed by atoms with Crippen LogP contribution >= 0.6 is 0 Å². The summed E-state index contributed by atoms with van der Waals surface area (Å²) < 4.78 is 4.42. The van der Waals surface area contributed by atoms with Gasteiger partial charge in [0.2, 0.25) is 0 Å². The second-order valence-corrected chi connectivity index (χ2v) is 3.32. The van der Waals surface area contributed by atoms with Gasteiger partial charge >= 0.3 is 122 Å². The fraction of sp³-hybridized carbons (Fsp3) is 0.583. The van der Waals surface area contributed by atoms with E-state index in [4.69, 9.17) is 5.11 Å². The minimum atomic E-state index is -0.836. The first-order valence-corrected chi connectivity index (χ1v) is 5.66. The number of rotatable bonds is 6. The van der Waals surface area contributed by atoms with E-state index in [1.165, 1.54) is 20.0 Å². The zero-order valence-corrected chi connectivity index (χ0v) is 23.1. The van der Waals surface area contributed by atoms with Gasteiger partial charge in [0.05, 0.1) is 13.0 Å². The molecule has 0 aromatic rings. The number of carbonyl (C=O) groups is 3. The van der Waals surface area contributed by atoms with E-state index in [1.54, 1.807) is 13.8 Å². The van der Waals surface area contributed by atoms with Crippen LogP contribution in [0.2, 0.25) is 0 Å². The molecule has 0 aliphatic heterocycles. The summed E-state index contributed by atoms with van der Waals surface area (Å²) >= 11 is 0. The van der Waals surface area contributed by atoms with E-state index < -0.39 is 18.0 Å². The number of aliphatic carboxylic acids is 1. The number of nitrogens with one attached hydrogen (secondary N) is 1. The van der Waals surface area contributed by atoms with Crippen molar-refractivity contribution in [3.63, 3.8) is 0 Å². The van der Waals surface area contributed by atoms with E-state index in [1.807, 2.05) is 6.92 Å². The molecule has 1 amide bonds. The van der Waals surface area contributed by atoms with Crippen LogP contribution in [-0.2, 0) is 19.1 Å². The molecule has 0 fully saturated rings. The number of hydrogen-bond donors (Lipinski definition) is 2. The Balaban J connectivity index is -0.000000139. The second kappa shape index (κ2) is 20.8. The smallest absolute Gasteiger partial charge is 0.503 e. The maximum atomic E-state index is 10.9. The van der Waals surface area contributed by atoms with Crippen LogP contribution in [-0.4, -0.2) is 36.1 Å². The molecule has 0 radical (unpaired) electrons. The van der Waals surface area contributed by atoms with Crippen LogP contribution in [0, 0.1) is 12.8 Å². The van der Waals surface area contributed by atoms with Gasteiger partial charge in [0.15, 0.2) is 5.97 Å². The van der Waals surface area contributed by atoms with Gasteiger partial charge in [-0.1, -0.05) is 13.8 Å². The van der Waals surface area contributed by atoms with Gasteiger partial charge in [0, 0.05) is 0 Å². The summed E-state index contributed by atoms with van der Waals surface area (Å²) in [6, 6.07) is -0.578. The summed E-state index contributed by atoms with van der Waals surface area (Å²) in [6.45, 7) is 5.21. The SMILES string of the molecule is CC[CH-]C(=O)N[C@H](C)C(=O)OC.CC[CH-]C(=O)O.[Rb+].[Rb+]. The Labute approximate surface area is 218 Å². The molecule has 6 nitrogen and oxygen atoms in total. The van der Waals surface area contributed by atoms with Gasteiger partial charge < -0.3 is 26.4 Å². The normalized spacial score (nSPS) is 9.20. The van der Waals surface area contributed by atoms with Gasteiger partial charge in [0.1, 0.15) is 6.04 Å². The van der Waals surface area contributed by atoms with Crippen molar-refractivity contribution in [3.05, 3.63) is 12.8 Å². The Morgan fingerprint density at radius 2 is 1.60 bits per heavy atom. The number of esters is 1. The summed E-state index contributed by atoms with van der Waals surface area (Å²) in [5.41, 5.74) is 0. The van der Waals surface area contributed by atoms with Crippen molar-refractivity contribution in [2.24, 2.45) is 0 Å². The van der Waals surface area contributed by atoms with Crippen LogP contribution < -0.4 is 122 Å². The fourth-order valence-electron chi connectivity index (χ4n) is 0.868. The first kappa shape index (κ1) is 29.7. The molecule has 2 N–H and O–H groups in total. The van der Waals surface area contributed by atoms with Crippen LogP contribution in [0.15, 0.2) is 0 Å². The fourth-order valence-corrected chi connectivity index (χ4v) is 0.868. The summed E-state index contributed by atoms with van der Waals surface area (Å²) in [7, 11) is 1.29. The van der Waals surface area contributed by atoms with E-state index in [0.717, 1.165) is 0 Å². The minimum absolute atomic E-state index is 0. The Morgan fingerprint density at radius 1 is 1.15 bits per heavy atom. The summed E-state index contributed by atoms with van der Waals surface area (Å²) in [6.07, 6.45) is 3.94. The van der Waals surface area contributed by atoms with Gasteiger partial charge in [-0.15, -0.1) is 0 Å². The third kappa shape index (κ3) is 22.0. The number of hydrogen-bond acceptors (Lipinski definition) is 4. The minimum Gasteiger partial charge on any atom is -0.503 e. The molecular weight excluding hydrogens is 409 g/mol. The van der Waals surface area contributed by atoms with Crippen molar-refractivity contribution in [2.75, 3.05) is 7.11 Å². The average Bonchev–Trinajstić information content (AvgIpc) is 2.28. The molecule has 0 spiro atoms. The Hall–Kier alpha value is 1.76. The molecule has 0 saturated heterocycles. The summed E-state index contributed by atoms with van der Waals surface area (Å²) in [4.78, 5) is 31.2. The molecular formula is C12H21NO5Rb2. The summed E-state index contributed by atoms with van der Waals surface area (Å²) in [5, 5.41) is 10.3. The number of ether oxygens (including phenoxy) is 1. The predicted octanol–water partition coefficient (Wildman–Crippen LogP) is -5.03. The molecule has 0 unspecified atom stereocenters. The molecule has 0 heterocycles. The van der Waals surface area contributed by atoms with E-state index >= 15 is 0 Å².